The molecule has 369 valence electrons. The van der Waals surface area contributed by atoms with E-state index in [0.717, 1.165) is 65.9 Å². The molecule has 1 aliphatic heterocycles. The summed E-state index contributed by atoms with van der Waals surface area (Å²) < 4.78 is 2.58. The minimum Gasteiger partial charge on any atom is -0.682 e. The summed E-state index contributed by atoms with van der Waals surface area (Å²) in [5.41, 5.74) is 11.7. The van der Waals surface area contributed by atoms with Crippen molar-refractivity contribution in [2.75, 3.05) is 11.9 Å². The molecule has 0 bridgehead atoms. The number of thiophene rings is 1. The first-order valence-electron chi connectivity index (χ1n) is 25.2. The molecule has 10 rings (SSSR count). The number of fused-ring (bicyclic) bond motifs is 6. The van der Waals surface area contributed by atoms with Gasteiger partial charge in [0.2, 0.25) is 6.98 Å². The number of aliphatic hydroxyl groups is 1. The third-order valence-corrected chi connectivity index (χ3v) is 14.8. The Hall–Kier alpha value is -6.38. The van der Waals surface area contributed by atoms with Crippen LogP contribution in [0.2, 0.25) is 0 Å². The van der Waals surface area contributed by atoms with Gasteiger partial charge in [-0.2, -0.15) is 0 Å². The monoisotopic (exact) mass is 1150 g/mol. The number of pyridine rings is 2. The molecule has 4 heterocycles. The van der Waals surface area contributed by atoms with Crippen LogP contribution in [0.1, 0.15) is 79.7 Å². The molecule has 6 nitrogen and oxygen atoms in total. The first-order chi connectivity index (χ1) is 34.4. The van der Waals surface area contributed by atoms with Crippen molar-refractivity contribution in [2.24, 2.45) is 17.3 Å². The number of aromatic nitrogens is 2. The number of para-hydroxylation sites is 1. The largest absolute Gasteiger partial charge is 0.682 e. The van der Waals surface area contributed by atoms with E-state index in [1.807, 2.05) is 93.9 Å². The molecule has 0 fully saturated rings. The van der Waals surface area contributed by atoms with Crippen molar-refractivity contribution in [3.63, 3.8) is 0 Å². The van der Waals surface area contributed by atoms with E-state index in [4.69, 9.17) is 10.2 Å². The van der Waals surface area contributed by atoms with Crippen LogP contribution in [0.4, 0.5) is 11.4 Å². The van der Waals surface area contributed by atoms with E-state index in [1.165, 1.54) is 59.3 Å². The van der Waals surface area contributed by atoms with Gasteiger partial charge in [0.1, 0.15) is 0 Å². The van der Waals surface area contributed by atoms with Gasteiger partial charge in [-0.1, -0.05) is 158 Å². The van der Waals surface area contributed by atoms with Gasteiger partial charge in [-0.25, -0.2) is 0 Å². The van der Waals surface area contributed by atoms with Crippen LogP contribution >= 0.6 is 11.3 Å². The van der Waals surface area contributed by atoms with Gasteiger partial charge < -0.3 is 20.1 Å². The second kappa shape index (κ2) is 24.4. The van der Waals surface area contributed by atoms with Gasteiger partial charge in [0, 0.05) is 81.9 Å². The van der Waals surface area contributed by atoms with Crippen LogP contribution in [0.25, 0.3) is 69.7 Å². The van der Waals surface area contributed by atoms with Gasteiger partial charge in [0.15, 0.2) is 5.78 Å². The van der Waals surface area contributed by atoms with Crippen molar-refractivity contribution in [3.8, 4) is 33.5 Å². The number of aliphatic hydroxyl groups excluding tert-OH is 1. The van der Waals surface area contributed by atoms with Gasteiger partial charge in [-0.05, 0) is 107 Å². The molecule has 6 aromatic carbocycles. The van der Waals surface area contributed by atoms with Crippen molar-refractivity contribution in [1.82, 2.24) is 9.97 Å². The van der Waals surface area contributed by atoms with Gasteiger partial charge in [-0.15, -0.1) is 52.9 Å². The molecule has 0 amide bonds. The van der Waals surface area contributed by atoms with Gasteiger partial charge in [0.05, 0.1) is 5.76 Å². The molecule has 1 aliphatic rings. The third kappa shape index (κ3) is 12.4. The van der Waals surface area contributed by atoms with Gasteiger partial charge in [0.25, 0.3) is 0 Å². The Balaban J connectivity index is 0.000000169. The number of allylic oxidation sites excluding steroid dienone is 2. The number of hydrogen-bond donors (Lipinski definition) is 1. The maximum Gasteiger partial charge on any atom is 0.208 e. The summed E-state index contributed by atoms with van der Waals surface area (Å²) in [5, 5.41) is 20.0. The van der Waals surface area contributed by atoms with Crippen molar-refractivity contribution in [2.45, 2.75) is 80.6 Å². The Morgan fingerprint density at radius 2 is 1.32 bits per heavy atom. The van der Waals surface area contributed by atoms with E-state index < -0.39 is 0 Å². The smallest absolute Gasteiger partial charge is 0.208 e. The van der Waals surface area contributed by atoms with E-state index in [0.29, 0.717) is 0 Å². The molecular weight excluding hydrogens is 1080 g/mol. The van der Waals surface area contributed by atoms with Crippen LogP contribution in [-0.4, -0.2) is 34.9 Å². The molecule has 0 saturated carbocycles. The van der Waals surface area contributed by atoms with Crippen molar-refractivity contribution >= 4 is 72.0 Å². The fourth-order valence-corrected chi connectivity index (χ4v) is 10.8. The van der Waals surface area contributed by atoms with E-state index >= 15 is 0 Å². The quantitative estimate of drug-likeness (QED) is 0.0571. The molecule has 0 aliphatic carbocycles. The molecule has 1 radical (unpaired) electrons. The summed E-state index contributed by atoms with van der Waals surface area (Å²) in [7, 11) is 2.11. The number of ketones is 1. The number of carbonyl (C=O) groups excluding carboxylic acids is 1. The Kier molecular flexibility index (Phi) is 18.1. The third-order valence-electron chi connectivity index (χ3n) is 13.5. The molecule has 1 N–H and O–H groups in total. The number of carbonyl (C=O) groups is 1. The molecule has 3 aromatic heterocycles. The van der Waals surface area contributed by atoms with Crippen LogP contribution < -0.4 is 10.4 Å². The zero-order valence-electron chi connectivity index (χ0n) is 42.8. The predicted molar refractivity (Wildman–Crippen MR) is 304 cm³/mol. The van der Waals surface area contributed by atoms with E-state index in [2.05, 4.69) is 153 Å². The Morgan fingerprint density at radius 1 is 0.694 bits per heavy atom. The normalized spacial score (nSPS) is 12.3. The number of benzene rings is 6. The van der Waals surface area contributed by atoms with Crippen LogP contribution in [0.3, 0.4) is 0 Å². The molecule has 0 atom stereocenters. The Bertz CT molecular complexity index is 3250. The zero-order chi connectivity index (χ0) is 50.1. The molecule has 9 heteroatoms. The van der Waals surface area contributed by atoms with Gasteiger partial charge >= 0.3 is 0 Å². The first-order valence-corrected chi connectivity index (χ1v) is 26.0. The molecule has 0 unspecified atom stereocenters. The Morgan fingerprint density at radius 3 is 1.99 bits per heavy atom. The van der Waals surface area contributed by atoms with Crippen LogP contribution in [0, 0.1) is 23.3 Å². The SMILES string of the molecule is CCC(CC)C(=O)/C=C(\O)C(CC)CC.CN1B(c2nccc3c2sc2c4ccc(CC(C)(C)C)cc4ccc32)[N-]c2ccccc21.[Ir].[c-]1ccccc1-c1cc(-c2ccc(-c3ccccc3)cc2)ccn1. The summed E-state index contributed by atoms with van der Waals surface area (Å²) in [6, 6.07) is 56.4. The van der Waals surface area contributed by atoms with E-state index in [1.54, 1.807) is 0 Å². The number of rotatable bonds is 12. The fraction of sp³-hybridized carbons (Fsp3) is 0.254. The summed E-state index contributed by atoms with van der Waals surface area (Å²) in [6.07, 6.45) is 9.78. The second-order valence-corrected chi connectivity index (χ2v) is 20.7. The topological polar surface area (TPSA) is 80.4 Å². The van der Waals surface area contributed by atoms with Crippen LogP contribution in [0.5, 0.6) is 0 Å². The molecule has 72 heavy (non-hydrogen) atoms. The maximum absolute atomic E-state index is 11.7. The van der Waals surface area contributed by atoms with E-state index in [-0.39, 0.29) is 55.9 Å². The summed E-state index contributed by atoms with van der Waals surface area (Å²) >= 11 is 1.86. The number of nitrogens with zero attached hydrogens (tertiary/aromatic N) is 4. The Labute approximate surface area is 445 Å². The summed E-state index contributed by atoms with van der Waals surface area (Å²) in [5.74, 6) is 0.547. The second-order valence-electron chi connectivity index (χ2n) is 19.7. The first kappa shape index (κ1) is 53.4. The van der Waals surface area contributed by atoms with Crippen LogP contribution in [-0.2, 0) is 31.3 Å². The van der Waals surface area contributed by atoms with E-state index in [9.17, 15) is 9.90 Å². The fourth-order valence-electron chi connectivity index (χ4n) is 9.51. The summed E-state index contributed by atoms with van der Waals surface area (Å²) in [6.45, 7) is 14.9. The molecule has 9 aromatic rings. The maximum atomic E-state index is 11.7. The molecular formula is C63H65BIrN4O2S-2. The average molecular weight is 1150 g/mol. The minimum atomic E-state index is -0.0891. The average Bonchev–Trinajstić information content (AvgIpc) is 3.95. The molecule has 0 saturated heterocycles. The number of anilines is 1. The van der Waals surface area contributed by atoms with Crippen molar-refractivity contribution < 1.29 is 30.0 Å². The summed E-state index contributed by atoms with van der Waals surface area (Å²) in [4.78, 5) is 23.2. The number of hydrogen-bond acceptors (Lipinski definition) is 6. The van der Waals surface area contributed by atoms with Crippen molar-refractivity contribution in [3.05, 3.63) is 193 Å². The van der Waals surface area contributed by atoms with Crippen molar-refractivity contribution in [1.29, 1.82) is 0 Å². The minimum absolute atomic E-state index is 0. The van der Waals surface area contributed by atoms with Crippen LogP contribution in [0.15, 0.2) is 176 Å². The van der Waals surface area contributed by atoms with Gasteiger partial charge in [-0.3, -0.25) is 9.78 Å². The zero-order valence-corrected chi connectivity index (χ0v) is 46.0. The predicted octanol–water partition coefficient (Wildman–Crippen LogP) is 16.8. The standard InChI is InChI=1S/C27H25BN3S.C23H16N.C13H24O2.Ir/c1-27(2,3)16-17-9-11-19-18(15-17)10-12-20-21-13-14-29-26(25(21)32-24(19)20)28-30-22-7-5-6-8-23(22)31(28)4;1-3-7-18(8-4-1)19-11-13-20(14-12-19)22-15-16-24-23(17-22)21-9-5-2-6-10-21;1-5-10(6-2)12(14)9-13(15)11(7-3)8-4;/h5-15H,16H2,1-4H3;1-9,11-17H;9-11,14H,5-8H2,1-4H3;/q2*-1;;/b;;12-9-;. The molecule has 0 spiro atoms.